The van der Waals surface area contributed by atoms with Crippen LogP contribution in [0.3, 0.4) is 0 Å². The molecule has 3 rings (SSSR count). The molecule has 0 unspecified atom stereocenters. The van der Waals surface area contributed by atoms with Gasteiger partial charge in [-0.15, -0.1) is 0 Å². The number of hydrogen-bond acceptors (Lipinski definition) is 4. The summed E-state index contributed by atoms with van der Waals surface area (Å²) in [6.07, 6.45) is 1.57. The van der Waals surface area contributed by atoms with Crippen LogP contribution in [0.5, 0.6) is 5.75 Å². The molecule has 0 atom stereocenters. The predicted octanol–water partition coefficient (Wildman–Crippen LogP) is 3.91. The van der Waals surface area contributed by atoms with E-state index in [2.05, 4.69) is 0 Å². The number of halogens is 1. The summed E-state index contributed by atoms with van der Waals surface area (Å²) < 4.78 is 33.3. The number of aromatic nitrogens is 1. The third-order valence-corrected chi connectivity index (χ3v) is 6.60. The van der Waals surface area contributed by atoms with E-state index in [-0.39, 0.29) is 9.92 Å². The molecule has 0 N–H and O–H groups in total. The van der Waals surface area contributed by atoms with Gasteiger partial charge >= 0.3 is 0 Å². The molecule has 3 aromatic rings. The van der Waals surface area contributed by atoms with Crippen LogP contribution in [0.4, 0.5) is 0 Å². The molecule has 1 aromatic heterocycles. The van der Waals surface area contributed by atoms with E-state index in [0.29, 0.717) is 17.6 Å². The lowest BCUT2D eigenvalue weighted by molar-refractivity contribution is 0.374. The SMILES string of the molecule is COc1ccc2c(ccn2S(=O)(=O)c2c(C)cccc2Cl)c1CN(C)C. The Balaban J connectivity index is 2.27. The summed E-state index contributed by atoms with van der Waals surface area (Å²) >= 11 is 6.21. The zero-order valence-electron chi connectivity index (χ0n) is 15.2. The summed E-state index contributed by atoms with van der Waals surface area (Å²) in [5.74, 6) is 0.732. The maximum atomic E-state index is 13.3. The van der Waals surface area contributed by atoms with Crippen LogP contribution in [-0.4, -0.2) is 38.5 Å². The lowest BCUT2D eigenvalue weighted by atomic mass is 10.1. The van der Waals surface area contributed by atoms with E-state index in [9.17, 15) is 8.42 Å². The highest BCUT2D eigenvalue weighted by Crippen LogP contribution is 2.33. The third-order valence-electron chi connectivity index (χ3n) is 4.28. The first kappa shape index (κ1) is 18.8. The molecule has 138 valence electrons. The monoisotopic (exact) mass is 392 g/mol. The van der Waals surface area contributed by atoms with Gasteiger partial charge in [0.15, 0.2) is 0 Å². The van der Waals surface area contributed by atoms with Crippen molar-refractivity contribution in [3.05, 3.63) is 58.7 Å². The van der Waals surface area contributed by atoms with Crippen molar-refractivity contribution in [1.82, 2.24) is 8.87 Å². The average molecular weight is 393 g/mol. The van der Waals surface area contributed by atoms with E-state index in [1.807, 2.05) is 19.0 Å². The smallest absolute Gasteiger partial charge is 0.269 e. The van der Waals surface area contributed by atoms with E-state index >= 15 is 0 Å². The lowest BCUT2D eigenvalue weighted by Crippen LogP contribution is -2.14. The molecule has 5 nitrogen and oxygen atoms in total. The fraction of sp³-hybridized carbons (Fsp3) is 0.263. The molecule has 0 spiro atoms. The van der Waals surface area contributed by atoms with Gasteiger partial charge in [0.05, 0.1) is 17.6 Å². The van der Waals surface area contributed by atoms with Crippen LogP contribution in [0.25, 0.3) is 10.9 Å². The molecule has 0 saturated heterocycles. The zero-order valence-corrected chi connectivity index (χ0v) is 16.7. The molecule has 0 fully saturated rings. The van der Waals surface area contributed by atoms with Crippen molar-refractivity contribution >= 4 is 32.5 Å². The van der Waals surface area contributed by atoms with Crippen molar-refractivity contribution in [2.24, 2.45) is 0 Å². The standard InChI is InChI=1S/C19H21ClN2O3S/c1-13-6-5-7-16(20)19(13)26(23,24)22-11-10-14-15(12-21(2)3)18(25-4)9-8-17(14)22/h5-11H,12H2,1-4H3. The van der Waals surface area contributed by atoms with Gasteiger partial charge in [0.25, 0.3) is 10.0 Å². The maximum absolute atomic E-state index is 13.3. The molecular formula is C19H21ClN2O3S. The molecule has 2 aromatic carbocycles. The molecule has 7 heteroatoms. The molecule has 26 heavy (non-hydrogen) atoms. The van der Waals surface area contributed by atoms with Gasteiger partial charge in [-0.2, -0.15) is 0 Å². The van der Waals surface area contributed by atoms with Crippen molar-refractivity contribution in [2.45, 2.75) is 18.4 Å². The first-order valence-electron chi connectivity index (χ1n) is 8.09. The van der Waals surface area contributed by atoms with Crippen LogP contribution in [0.1, 0.15) is 11.1 Å². The Morgan fingerprint density at radius 3 is 2.50 bits per heavy atom. The van der Waals surface area contributed by atoms with Crippen LogP contribution in [0.2, 0.25) is 5.02 Å². The molecule has 0 aliphatic rings. The maximum Gasteiger partial charge on any atom is 0.269 e. The first-order chi connectivity index (χ1) is 12.3. The summed E-state index contributed by atoms with van der Waals surface area (Å²) in [6, 6.07) is 10.4. The number of fused-ring (bicyclic) bond motifs is 1. The van der Waals surface area contributed by atoms with Gasteiger partial charge in [0, 0.05) is 23.7 Å². The minimum Gasteiger partial charge on any atom is -0.496 e. The Labute approximate surface area is 158 Å². The van der Waals surface area contributed by atoms with Crippen molar-refractivity contribution in [2.75, 3.05) is 21.2 Å². The van der Waals surface area contributed by atoms with Crippen LogP contribution < -0.4 is 4.74 Å². The number of hydrogen-bond donors (Lipinski definition) is 0. The van der Waals surface area contributed by atoms with Gasteiger partial charge < -0.3 is 9.64 Å². The minimum absolute atomic E-state index is 0.129. The predicted molar refractivity (Wildman–Crippen MR) is 105 cm³/mol. The number of nitrogens with zero attached hydrogens (tertiary/aromatic N) is 2. The average Bonchev–Trinajstić information content (AvgIpc) is 2.99. The Bertz CT molecular complexity index is 1050. The molecule has 0 radical (unpaired) electrons. The highest BCUT2D eigenvalue weighted by atomic mass is 35.5. The summed E-state index contributed by atoms with van der Waals surface area (Å²) in [4.78, 5) is 2.14. The van der Waals surface area contributed by atoms with Crippen LogP contribution in [-0.2, 0) is 16.6 Å². The Hall–Kier alpha value is -2.02. The summed E-state index contributed by atoms with van der Waals surface area (Å²) in [5, 5.41) is 1.06. The summed E-state index contributed by atoms with van der Waals surface area (Å²) in [7, 11) is 1.71. The second-order valence-corrected chi connectivity index (χ2v) is 8.58. The van der Waals surface area contributed by atoms with Crippen molar-refractivity contribution in [3.63, 3.8) is 0 Å². The lowest BCUT2D eigenvalue weighted by Gasteiger charge is -2.16. The van der Waals surface area contributed by atoms with Gasteiger partial charge in [-0.25, -0.2) is 12.4 Å². The van der Waals surface area contributed by atoms with E-state index in [1.54, 1.807) is 56.6 Å². The van der Waals surface area contributed by atoms with Gasteiger partial charge in [-0.1, -0.05) is 23.7 Å². The zero-order chi connectivity index (χ0) is 19.1. The number of ether oxygens (including phenoxy) is 1. The second-order valence-electron chi connectivity index (χ2n) is 6.42. The van der Waals surface area contributed by atoms with Crippen molar-refractivity contribution in [3.8, 4) is 5.75 Å². The van der Waals surface area contributed by atoms with Crippen molar-refractivity contribution < 1.29 is 13.2 Å². The summed E-state index contributed by atoms with van der Waals surface area (Å²) in [5.41, 5.74) is 2.16. The van der Waals surface area contributed by atoms with Crippen molar-refractivity contribution in [1.29, 1.82) is 0 Å². The normalized spacial score (nSPS) is 12.1. The number of rotatable bonds is 5. The van der Waals surface area contributed by atoms with E-state index in [4.69, 9.17) is 16.3 Å². The Morgan fingerprint density at radius 2 is 1.88 bits per heavy atom. The van der Waals surface area contributed by atoms with Crippen LogP contribution in [0, 0.1) is 6.92 Å². The molecule has 1 heterocycles. The molecule has 0 saturated carbocycles. The fourth-order valence-corrected chi connectivity index (χ4v) is 5.29. The molecule has 0 aliphatic heterocycles. The Morgan fingerprint density at radius 1 is 1.15 bits per heavy atom. The van der Waals surface area contributed by atoms with Crippen LogP contribution >= 0.6 is 11.6 Å². The number of aryl methyl sites for hydroxylation is 1. The fourth-order valence-electron chi connectivity index (χ4n) is 3.15. The first-order valence-corrected chi connectivity index (χ1v) is 9.91. The van der Waals surface area contributed by atoms with Crippen LogP contribution in [0.15, 0.2) is 47.5 Å². The topological polar surface area (TPSA) is 51.5 Å². The number of benzene rings is 2. The summed E-state index contributed by atoms with van der Waals surface area (Å²) in [6.45, 7) is 2.38. The highest BCUT2D eigenvalue weighted by Gasteiger charge is 2.25. The van der Waals surface area contributed by atoms with Gasteiger partial charge in [0.2, 0.25) is 0 Å². The van der Waals surface area contributed by atoms with E-state index < -0.39 is 10.0 Å². The second kappa shape index (κ2) is 6.95. The highest BCUT2D eigenvalue weighted by molar-refractivity contribution is 7.90. The van der Waals surface area contributed by atoms with E-state index in [0.717, 1.165) is 16.7 Å². The van der Waals surface area contributed by atoms with Gasteiger partial charge in [-0.3, -0.25) is 0 Å². The van der Waals surface area contributed by atoms with Gasteiger partial charge in [-0.05, 0) is 50.8 Å². The minimum atomic E-state index is -3.82. The molecular weight excluding hydrogens is 372 g/mol. The molecule has 0 bridgehead atoms. The quantitative estimate of drug-likeness (QED) is 0.660. The Kier molecular flexibility index (Phi) is 5.01. The van der Waals surface area contributed by atoms with Gasteiger partial charge in [0.1, 0.15) is 10.6 Å². The van der Waals surface area contributed by atoms with E-state index in [1.165, 1.54) is 3.97 Å². The third kappa shape index (κ3) is 3.09. The molecule has 0 amide bonds. The largest absolute Gasteiger partial charge is 0.496 e. The molecule has 0 aliphatic carbocycles. The number of methoxy groups -OCH3 is 1.